The van der Waals surface area contributed by atoms with Crippen molar-refractivity contribution in [2.75, 3.05) is 13.6 Å². The fraction of sp³-hybridized carbons (Fsp3) is 0.304. The van der Waals surface area contributed by atoms with E-state index >= 15 is 0 Å². The van der Waals surface area contributed by atoms with Crippen LogP contribution < -0.4 is 15.4 Å². The summed E-state index contributed by atoms with van der Waals surface area (Å²) < 4.78 is 21.5. The number of ether oxygens (including phenoxy) is 1. The number of aryl methyl sites for hydroxylation is 2. The number of rotatable bonds is 9. The molecule has 0 saturated heterocycles. The van der Waals surface area contributed by atoms with Gasteiger partial charge in [-0.25, -0.2) is 9.37 Å². The summed E-state index contributed by atoms with van der Waals surface area (Å²) >= 11 is 0. The molecule has 0 aliphatic carbocycles. The summed E-state index contributed by atoms with van der Waals surface area (Å²) in [4.78, 5) is 8.68. The SMILES string of the molecule is CN=C(NCc1nccn1CCc1ccccc1)NCC(C)Oc1ccccc1F. The molecule has 1 unspecified atom stereocenters. The highest BCUT2D eigenvalue weighted by molar-refractivity contribution is 5.79. The molecule has 6 nitrogen and oxygen atoms in total. The van der Waals surface area contributed by atoms with E-state index in [4.69, 9.17) is 4.74 Å². The molecule has 0 bridgehead atoms. The number of nitrogens with zero attached hydrogens (tertiary/aromatic N) is 3. The standard InChI is InChI=1S/C23H28FN5O/c1-18(30-21-11-7-6-10-20(21)24)16-27-23(25-2)28-17-22-26-13-15-29(22)14-12-19-8-4-3-5-9-19/h3-11,13,15,18H,12,14,16-17H2,1-2H3,(H2,25,27,28). The molecular formula is C23H28FN5O. The number of halogens is 1. The highest BCUT2D eigenvalue weighted by Crippen LogP contribution is 2.16. The third-order valence-electron chi connectivity index (χ3n) is 4.65. The Morgan fingerprint density at radius 3 is 2.67 bits per heavy atom. The van der Waals surface area contributed by atoms with Crippen molar-refractivity contribution >= 4 is 5.96 Å². The van der Waals surface area contributed by atoms with Gasteiger partial charge < -0.3 is 19.9 Å². The van der Waals surface area contributed by atoms with Crippen molar-refractivity contribution in [3.63, 3.8) is 0 Å². The maximum atomic E-state index is 13.7. The predicted molar refractivity (Wildman–Crippen MR) is 117 cm³/mol. The smallest absolute Gasteiger partial charge is 0.191 e. The van der Waals surface area contributed by atoms with Gasteiger partial charge in [-0.2, -0.15) is 0 Å². The third kappa shape index (κ3) is 6.34. The average molecular weight is 410 g/mol. The molecule has 0 radical (unpaired) electrons. The molecule has 158 valence electrons. The van der Waals surface area contributed by atoms with Gasteiger partial charge >= 0.3 is 0 Å². The lowest BCUT2D eigenvalue weighted by molar-refractivity contribution is 0.214. The van der Waals surface area contributed by atoms with Crippen molar-refractivity contribution in [1.29, 1.82) is 0 Å². The van der Waals surface area contributed by atoms with Crippen LogP contribution in [0.1, 0.15) is 18.3 Å². The number of hydrogen-bond acceptors (Lipinski definition) is 3. The number of benzene rings is 2. The fourth-order valence-electron chi connectivity index (χ4n) is 3.03. The lowest BCUT2D eigenvalue weighted by Gasteiger charge is -2.18. The average Bonchev–Trinajstić information content (AvgIpc) is 3.22. The first kappa shape index (κ1) is 21.4. The summed E-state index contributed by atoms with van der Waals surface area (Å²) in [6.07, 6.45) is 4.51. The van der Waals surface area contributed by atoms with Crippen LogP contribution in [0, 0.1) is 5.82 Å². The Morgan fingerprint density at radius 1 is 1.13 bits per heavy atom. The molecule has 0 aliphatic heterocycles. The van der Waals surface area contributed by atoms with Gasteiger partial charge in [0.2, 0.25) is 0 Å². The summed E-state index contributed by atoms with van der Waals surface area (Å²) in [5.41, 5.74) is 1.30. The molecule has 2 N–H and O–H groups in total. The van der Waals surface area contributed by atoms with E-state index in [0.29, 0.717) is 19.0 Å². The minimum Gasteiger partial charge on any atom is -0.486 e. The van der Waals surface area contributed by atoms with Gasteiger partial charge in [-0.3, -0.25) is 4.99 Å². The highest BCUT2D eigenvalue weighted by Gasteiger charge is 2.10. The van der Waals surface area contributed by atoms with Crippen LogP contribution in [0.2, 0.25) is 0 Å². The van der Waals surface area contributed by atoms with Crippen molar-refractivity contribution < 1.29 is 9.13 Å². The Bertz CT molecular complexity index is 942. The van der Waals surface area contributed by atoms with Crippen LogP contribution in [0.3, 0.4) is 0 Å². The van der Waals surface area contributed by atoms with E-state index in [2.05, 4.69) is 49.4 Å². The first-order valence-electron chi connectivity index (χ1n) is 10.1. The zero-order valence-corrected chi connectivity index (χ0v) is 17.4. The van der Waals surface area contributed by atoms with E-state index in [1.54, 1.807) is 25.2 Å². The minimum absolute atomic E-state index is 0.228. The second kappa shape index (κ2) is 11.0. The molecular weight excluding hydrogens is 381 g/mol. The third-order valence-corrected chi connectivity index (χ3v) is 4.65. The number of imidazole rings is 1. The van der Waals surface area contributed by atoms with Crippen LogP contribution in [0.5, 0.6) is 5.75 Å². The van der Waals surface area contributed by atoms with Gasteiger partial charge in [0.25, 0.3) is 0 Å². The van der Waals surface area contributed by atoms with Crippen molar-refractivity contribution in [1.82, 2.24) is 20.2 Å². The van der Waals surface area contributed by atoms with E-state index < -0.39 is 0 Å². The number of aromatic nitrogens is 2. The Labute approximate surface area is 176 Å². The Morgan fingerprint density at radius 2 is 1.90 bits per heavy atom. The molecule has 7 heteroatoms. The first-order valence-corrected chi connectivity index (χ1v) is 10.1. The lowest BCUT2D eigenvalue weighted by atomic mass is 10.1. The number of nitrogens with one attached hydrogen (secondary N) is 2. The monoisotopic (exact) mass is 409 g/mol. The van der Waals surface area contributed by atoms with E-state index in [9.17, 15) is 4.39 Å². The van der Waals surface area contributed by atoms with E-state index in [0.717, 1.165) is 18.8 Å². The molecule has 3 aromatic rings. The van der Waals surface area contributed by atoms with Crippen molar-refractivity contribution in [2.45, 2.75) is 32.5 Å². The van der Waals surface area contributed by atoms with Gasteiger partial charge in [-0.05, 0) is 31.0 Å². The Hall–Kier alpha value is -3.35. The van der Waals surface area contributed by atoms with Gasteiger partial charge in [-0.1, -0.05) is 42.5 Å². The molecule has 0 amide bonds. The van der Waals surface area contributed by atoms with Crippen LogP contribution in [0.15, 0.2) is 72.0 Å². The Kier molecular flexibility index (Phi) is 7.83. The number of para-hydroxylation sites is 1. The van der Waals surface area contributed by atoms with Gasteiger partial charge in [0.1, 0.15) is 11.9 Å². The summed E-state index contributed by atoms with van der Waals surface area (Å²) in [6, 6.07) is 16.8. The van der Waals surface area contributed by atoms with Crippen molar-refractivity contribution in [3.05, 3.63) is 84.2 Å². The van der Waals surface area contributed by atoms with E-state index in [1.807, 2.05) is 25.4 Å². The number of aliphatic imine (C=N–C) groups is 1. The zero-order chi connectivity index (χ0) is 21.2. The zero-order valence-electron chi connectivity index (χ0n) is 17.4. The van der Waals surface area contributed by atoms with Crippen LogP contribution in [0.4, 0.5) is 4.39 Å². The minimum atomic E-state index is -0.366. The van der Waals surface area contributed by atoms with Gasteiger partial charge in [0.05, 0.1) is 13.1 Å². The van der Waals surface area contributed by atoms with Crippen LogP contribution >= 0.6 is 0 Å². The molecule has 0 aliphatic rings. The summed E-state index contributed by atoms with van der Waals surface area (Å²) in [6.45, 7) is 3.77. The van der Waals surface area contributed by atoms with Crippen LogP contribution in [0.25, 0.3) is 0 Å². The molecule has 30 heavy (non-hydrogen) atoms. The molecule has 0 spiro atoms. The molecule has 2 aromatic carbocycles. The predicted octanol–water partition coefficient (Wildman–Crippen LogP) is 3.40. The van der Waals surface area contributed by atoms with Crippen molar-refractivity contribution in [2.24, 2.45) is 4.99 Å². The van der Waals surface area contributed by atoms with E-state index in [-0.39, 0.29) is 17.7 Å². The molecule has 1 atom stereocenters. The maximum absolute atomic E-state index is 13.7. The lowest BCUT2D eigenvalue weighted by Crippen LogP contribution is -2.41. The number of hydrogen-bond donors (Lipinski definition) is 2. The Balaban J connectivity index is 1.45. The number of guanidine groups is 1. The van der Waals surface area contributed by atoms with E-state index in [1.165, 1.54) is 11.6 Å². The maximum Gasteiger partial charge on any atom is 0.191 e. The molecule has 0 saturated carbocycles. The van der Waals surface area contributed by atoms with Gasteiger partial charge in [-0.15, -0.1) is 0 Å². The first-order chi connectivity index (χ1) is 14.7. The second-order valence-corrected chi connectivity index (χ2v) is 6.94. The fourth-order valence-corrected chi connectivity index (χ4v) is 3.03. The van der Waals surface area contributed by atoms with Gasteiger partial charge in [0.15, 0.2) is 17.5 Å². The largest absolute Gasteiger partial charge is 0.486 e. The van der Waals surface area contributed by atoms with Crippen LogP contribution in [-0.2, 0) is 19.5 Å². The second-order valence-electron chi connectivity index (χ2n) is 6.94. The topological polar surface area (TPSA) is 63.5 Å². The molecule has 0 fully saturated rings. The normalized spacial score (nSPS) is 12.4. The highest BCUT2D eigenvalue weighted by atomic mass is 19.1. The summed E-state index contributed by atoms with van der Waals surface area (Å²) in [5, 5.41) is 6.47. The quantitative estimate of drug-likeness (QED) is 0.420. The molecule has 3 rings (SSSR count). The summed E-state index contributed by atoms with van der Waals surface area (Å²) in [5.74, 6) is 1.45. The van der Waals surface area contributed by atoms with Crippen LogP contribution in [-0.4, -0.2) is 35.2 Å². The van der Waals surface area contributed by atoms with Crippen molar-refractivity contribution in [3.8, 4) is 5.75 Å². The van der Waals surface area contributed by atoms with Gasteiger partial charge in [0, 0.05) is 26.0 Å². The molecule has 1 aromatic heterocycles. The molecule has 1 heterocycles. The summed E-state index contributed by atoms with van der Waals surface area (Å²) in [7, 11) is 1.71.